The number of nitrogens with one attached hydrogen (secondary N) is 1. The van der Waals surface area contributed by atoms with E-state index in [0.29, 0.717) is 0 Å². The van der Waals surface area contributed by atoms with Crippen LogP contribution in [0.4, 0.5) is 5.13 Å². The van der Waals surface area contributed by atoms with Gasteiger partial charge in [-0.15, -0.1) is 11.3 Å². The van der Waals surface area contributed by atoms with Gasteiger partial charge in [-0.1, -0.05) is 29.8 Å². The van der Waals surface area contributed by atoms with Gasteiger partial charge >= 0.3 is 0 Å². The van der Waals surface area contributed by atoms with Gasteiger partial charge in [0.05, 0.1) is 5.69 Å². The van der Waals surface area contributed by atoms with E-state index in [4.69, 9.17) is 0 Å². The Bertz CT molecular complexity index is 732. The molecule has 0 saturated heterocycles. The molecule has 3 rings (SSSR count). The molecular formula is C17H17N3S. The molecule has 0 fully saturated rings. The first-order valence-electron chi connectivity index (χ1n) is 6.88. The molecule has 0 radical (unpaired) electrons. The van der Waals surface area contributed by atoms with Crippen LogP contribution in [0.2, 0.25) is 0 Å². The predicted octanol–water partition coefficient (Wildman–Crippen LogP) is 4.43. The van der Waals surface area contributed by atoms with Crippen molar-refractivity contribution in [3.8, 4) is 11.3 Å². The number of pyridine rings is 1. The average Bonchev–Trinajstić information content (AvgIpc) is 2.96. The van der Waals surface area contributed by atoms with E-state index in [1.165, 1.54) is 16.7 Å². The third-order valence-electron chi connectivity index (χ3n) is 3.38. The summed E-state index contributed by atoms with van der Waals surface area (Å²) in [5.41, 5.74) is 5.81. The van der Waals surface area contributed by atoms with E-state index >= 15 is 0 Å². The first kappa shape index (κ1) is 13.8. The van der Waals surface area contributed by atoms with Crippen molar-refractivity contribution >= 4 is 16.5 Å². The van der Waals surface area contributed by atoms with Crippen LogP contribution < -0.4 is 5.32 Å². The first-order chi connectivity index (χ1) is 10.2. The van der Waals surface area contributed by atoms with Crippen molar-refractivity contribution in [3.05, 3.63) is 64.8 Å². The topological polar surface area (TPSA) is 37.8 Å². The number of aromatic nitrogens is 2. The van der Waals surface area contributed by atoms with Crippen LogP contribution in [0.3, 0.4) is 0 Å². The van der Waals surface area contributed by atoms with Crippen LogP contribution >= 0.6 is 11.3 Å². The van der Waals surface area contributed by atoms with Crippen LogP contribution in [0.5, 0.6) is 0 Å². The fourth-order valence-electron chi connectivity index (χ4n) is 2.09. The second-order valence-corrected chi connectivity index (χ2v) is 5.93. The quantitative estimate of drug-likeness (QED) is 0.773. The molecule has 3 aromatic rings. The van der Waals surface area contributed by atoms with Crippen LogP contribution in [-0.4, -0.2) is 9.97 Å². The van der Waals surface area contributed by atoms with Crippen LogP contribution in [0.1, 0.15) is 16.7 Å². The fourth-order valence-corrected chi connectivity index (χ4v) is 2.80. The standard InChI is InChI=1S/C17H17N3S/c1-12-3-5-14(6-4-12)9-19-17-20-16(11-21-17)15-10-18-8-7-13(15)2/h3-8,10-11H,9H2,1-2H3,(H,19,20). The average molecular weight is 295 g/mol. The number of anilines is 1. The fraction of sp³-hybridized carbons (Fsp3) is 0.176. The summed E-state index contributed by atoms with van der Waals surface area (Å²) in [6.45, 7) is 4.97. The summed E-state index contributed by atoms with van der Waals surface area (Å²) in [4.78, 5) is 8.82. The number of nitrogens with zero attached hydrogens (tertiary/aromatic N) is 2. The molecule has 3 nitrogen and oxygen atoms in total. The van der Waals surface area contributed by atoms with E-state index in [9.17, 15) is 0 Å². The lowest BCUT2D eigenvalue weighted by Gasteiger charge is -2.03. The molecule has 2 heterocycles. The Balaban J connectivity index is 1.71. The SMILES string of the molecule is Cc1ccc(CNc2nc(-c3cnccc3C)cs2)cc1. The highest BCUT2D eigenvalue weighted by Gasteiger charge is 2.07. The highest BCUT2D eigenvalue weighted by molar-refractivity contribution is 7.14. The molecule has 0 unspecified atom stereocenters. The Morgan fingerprint density at radius 2 is 1.90 bits per heavy atom. The zero-order chi connectivity index (χ0) is 14.7. The first-order valence-corrected chi connectivity index (χ1v) is 7.76. The summed E-state index contributed by atoms with van der Waals surface area (Å²) >= 11 is 1.63. The van der Waals surface area contributed by atoms with E-state index in [1.807, 2.05) is 18.5 Å². The number of thiazole rings is 1. The van der Waals surface area contributed by atoms with E-state index in [1.54, 1.807) is 11.3 Å². The number of benzene rings is 1. The van der Waals surface area contributed by atoms with Gasteiger partial charge in [0, 0.05) is 29.9 Å². The molecule has 21 heavy (non-hydrogen) atoms. The molecular weight excluding hydrogens is 278 g/mol. The zero-order valence-electron chi connectivity index (χ0n) is 12.1. The smallest absolute Gasteiger partial charge is 0.183 e. The molecule has 1 N–H and O–H groups in total. The van der Waals surface area contributed by atoms with E-state index in [0.717, 1.165) is 22.9 Å². The molecule has 4 heteroatoms. The largest absolute Gasteiger partial charge is 0.357 e. The number of hydrogen-bond donors (Lipinski definition) is 1. The van der Waals surface area contributed by atoms with Gasteiger partial charge in [-0.3, -0.25) is 4.98 Å². The molecule has 0 aliphatic carbocycles. The maximum Gasteiger partial charge on any atom is 0.183 e. The number of aryl methyl sites for hydroxylation is 2. The molecule has 0 aliphatic heterocycles. The Labute approximate surface area is 128 Å². The van der Waals surface area contributed by atoms with E-state index in [-0.39, 0.29) is 0 Å². The van der Waals surface area contributed by atoms with Gasteiger partial charge in [0.15, 0.2) is 5.13 Å². The number of rotatable bonds is 4. The minimum absolute atomic E-state index is 0.791. The molecule has 1 aromatic carbocycles. The second-order valence-electron chi connectivity index (χ2n) is 5.07. The van der Waals surface area contributed by atoms with Gasteiger partial charge in [0.25, 0.3) is 0 Å². The lowest BCUT2D eigenvalue weighted by molar-refractivity contribution is 1.13. The van der Waals surface area contributed by atoms with Crippen molar-refractivity contribution < 1.29 is 0 Å². The minimum Gasteiger partial charge on any atom is -0.357 e. The summed E-state index contributed by atoms with van der Waals surface area (Å²) in [5, 5.41) is 6.39. The van der Waals surface area contributed by atoms with Crippen molar-refractivity contribution in [2.24, 2.45) is 0 Å². The lowest BCUT2D eigenvalue weighted by Crippen LogP contribution is -1.98. The Morgan fingerprint density at radius 3 is 2.67 bits per heavy atom. The molecule has 0 bridgehead atoms. The maximum atomic E-state index is 4.64. The van der Waals surface area contributed by atoms with Crippen molar-refractivity contribution in [2.45, 2.75) is 20.4 Å². The molecule has 0 amide bonds. The van der Waals surface area contributed by atoms with Crippen molar-refractivity contribution in [1.82, 2.24) is 9.97 Å². The summed E-state index contributed by atoms with van der Waals surface area (Å²) < 4.78 is 0. The highest BCUT2D eigenvalue weighted by Crippen LogP contribution is 2.26. The normalized spacial score (nSPS) is 10.6. The summed E-state index contributed by atoms with van der Waals surface area (Å²) in [6.07, 6.45) is 3.68. The van der Waals surface area contributed by atoms with Gasteiger partial charge in [0.2, 0.25) is 0 Å². The van der Waals surface area contributed by atoms with Crippen molar-refractivity contribution in [3.63, 3.8) is 0 Å². The summed E-state index contributed by atoms with van der Waals surface area (Å²) in [7, 11) is 0. The summed E-state index contributed by atoms with van der Waals surface area (Å²) in [6, 6.07) is 10.5. The molecule has 106 valence electrons. The molecule has 0 aliphatic rings. The minimum atomic E-state index is 0.791. The molecule has 0 saturated carbocycles. The van der Waals surface area contributed by atoms with E-state index < -0.39 is 0 Å². The second kappa shape index (κ2) is 6.06. The molecule has 0 atom stereocenters. The van der Waals surface area contributed by atoms with Gasteiger partial charge in [0.1, 0.15) is 0 Å². The number of hydrogen-bond acceptors (Lipinski definition) is 4. The zero-order valence-corrected chi connectivity index (χ0v) is 12.9. The Morgan fingerprint density at radius 1 is 1.10 bits per heavy atom. The third kappa shape index (κ3) is 3.28. The van der Waals surface area contributed by atoms with Crippen LogP contribution in [0, 0.1) is 13.8 Å². The monoisotopic (exact) mass is 295 g/mol. The summed E-state index contributed by atoms with van der Waals surface area (Å²) in [5.74, 6) is 0. The van der Waals surface area contributed by atoms with E-state index in [2.05, 4.69) is 58.8 Å². The van der Waals surface area contributed by atoms with Gasteiger partial charge in [-0.25, -0.2) is 4.98 Å². The Kier molecular flexibility index (Phi) is 3.97. The highest BCUT2D eigenvalue weighted by atomic mass is 32.1. The van der Waals surface area contributed by atoms with Gasteiger partial charge < -0.3 is 5.32 Å². The predicted molar refractivity (Wildman–Crippen MR) is 88.6 cm³/mol. The lowest BCUT2D eigenvalue weighted by atomic mass is 10.1. The third-order valence-corrected chi connectivity index (χ3v) is 4.18. The van der Waals surface area contributed by atoms with Crippen molar-refractivity contribution in [1.29, 1.82) is 0 Å². The van der Waals surface area contributed by atoms with Crippen LogP contribution in [0.25, 0.3) is 11.3 Å². The molecule has 2 aromatic heterocycles. The van der Waals surface area contributed by atoms with Crippen molar-refractivity contribution in [2.75, 3.05) is 5.32 Å². The maximum absolute atomic E-state index is 4.64. The van der Waals surface area contributed by atoms with Gasteiger partial charge in [-0.2, -0.15) is 0 Å². The van der Waals surface area contributed by atoms with Crippen LogP contribution in [0.15, 0.2) is 48.1 Å². The van der Waals surface area contributed by atoms with Crippen LogP contribution in [-0.2, 0) is 6.54 Å². The Hall–Kier alpha value is -2.20. The van der Waals surface area contributed by atoms with Gasteiger partial charge in [-0.05, 0) is 31.0 Å². The molecule has 0 spiro atoms.